The third-order valence-electron chi connectivity index (χ3n) is 2.44. The first-order valence-electron chi connectivity index (χ1n) is 4.68. The standard InChI is InChI=1S/C11H14ClNOS/c1-8(13(2)11(14)7-15)9-4-3-5-10(12)6-9/h3-6,8,15H,7H2,1-2H3. The van der Waals surface area contributed by atoms with Crippen molar-refractivity contribution in [1.29, 1.82) is 0 Å². The molecule has 0 heterocycles. The van der Waals surface area contributed by atoms with Crippen LogP contribution in [-0.4, -0.2) is 23.6 Å². The van der Waals surface area contributed by atoms with Crippen LogP contribution in [0.3, 0.4) is 0 Å². The van der Waals surface area contributed by atoms with Gasteiger partial charge in [0.15, 0.2) is 0 Å². The fourth-order valence-corrected chi connectivity index (χ4v) is 1.74. The number of thiol groups is 1. The van der Waals surface area contributed by atoms with Gasteiger partial charge in [-0.3, -0.25) is 4.79 Å². The number of benzene rings is 1. The normalized spacial score (nSPS) is 12.3. The summed E-state index contributed by atoms with van der Waals surface area (Å²) in [5, 5.41) is 0.686. The molecule has 0 aliphatic rings. The number of carbonyl (C=O) groups is 1. The molecule has 0 saturated carbocycles. The summed E-state index contributed by atoms with van der Waals surface area (Å²) in [5.74, 6) is 0.229. The quantitative estimate of drug-likeness (QED) is 0.810. The van der Waals surface area contributed by atoms with E-state index in [2.05, 4.69) is 12.6 Å². The number of carbonyl (C=O) groups excluding carboxylic acids is 1. The molecule has 0 fully saturated rings. The highest BCUT2D eigenvalue weighted by Crippen LogP contribution is 2.21. The number of halogens is 1. The van der Waals surface area contributed by atoms with Gasteiger partial charge in [0.05, 0.1) is 11.8 Å². The average Bonchev–Trinajstić information content (AvgIpc) is 2.26. The van der Waals surface area contributed by atoms with Gasteiger partial charge in [0.2, 0.25) is 5.91 Å². The van der Waals surface area contributed by atoms with Crippen molar-refractivity contribution in [2.75, 3.05) is 12.8 Å². The minimum absolute atomic E-state index is 0.00538. The lowest BCUT2D eigenvalue weighted by molar-refractivity contribution is -0.128. The zero-order valence-electron chi connectivity index (χ0n) is 8.77. The number of nitrogens with zero attached hydrogens (tertiary/aromatic N) is 1. The second-order valence-electron chi connectivity index (χ2n) is 3.39. The minimum atomic E-state index is 0.00538. The van der Waals surface area contributed by atoms with Crippen molar-refractivity contribution in [2.45, 2.75) is 13.0 Å². The Balaban J connectivity index is 2.84. The van der Waals surface area contributed by atoms with E-state index in [-0.39, 0.29) is 17.7 Å². The fourth-order valence-electron chi connectivity index (χ4n) is 1.32. The van der Waals surface area contributed by atoms with Gasteiger partial charge in [0.1, 0.15) is 0 Å². The van der Waals surface area contributed by atoms with E-state index in [1.54, 1.807) is 11.9 Å². The molecule has 1 rings (SSSR count). The molecule has 0 N–H and O–H groups in total. The lowest BCUT2D eigenvalue weighted by Crippen LogP contribution is -2.30. The molecule has 1 amide bonds. The minimum Gasteiger partial charge on any atom is -0.338 e. The van der Waals surface area contributed by atoms with E-state index >= 15 is 0 Å². The van der Waals surface area contributed by atoms with E-state index in [1.165, 1.54) is 0 Å². The smallest absolute Gasteiger partial charge is 0.232 e. The van der Waals surface area contributed by atoms with Crippen LogP contribution in [0.2, 0.25) is 5.02 Å². The summed E-state index contributed by atoms with van der Waals surface area (Å²) in [6.07, 6.45) is 0. The molecular weight excluding hydrogens is 230 g/mol. The van der Waals surface area contributed by atoms with Crippen LogP contribution in [0.4, 0.5) is 0 Å². The highest BCUT2D eigenvalue weighted by atomic mass is 35.5. The number of amides is 1. The van der Waals surface area contributed by atoms with Gasteiger partial charge in [-0.25, -0.2) is 0 Å². The summed E-state index contributed by atoms with van der Waals surface area (Å²) in [7, 11) is 1.77. The summed E-state index contributed by atoms with van der Waals surface area (Å²) >= 11 is 9.85. The second-order valence-corrected chi connectivity index (χ2v) is 4.15. The van der Waals surface area contributed by atoms with Crippen LogP contribution in [0.5, 0.6) is 0 Å². The second kappa shape index (κ2) is 5.42. The molecule has 1 atom stereocenters. The van der Waals surface area contributed by atoms with E-state index in [9.17, 15) is 4.79 Å². The van der Waals surface area contributed by atoms with Gasteiger partial charge in [-0.2, -0.15) is 12.6 Å². The van der Waals surface area contributed by atoms with Crippen LogP contribution < -0.4 is 0 Å². The van der Waals surface area contributed by atoms with Gasteiger partial charge in [-0.1, -0.05) is 23.7 Å². The lowest BCUT2D eigenvalue weighted by Gasteiger charge is -2.24. The van der Waals surface area contributed by atoms with Crippen molar-refractivity contribution in [3.63, 3.8) is 0 Å². The van der Waals surface area contributed by atoms with Crippen molar-refractivity contribution >= 4 is 30.1 Å². The highest BCUT2D eigenvalue weighted by molar-refractivity contribution is 7.81. The van der Waals surface area contributed by atoms with Crippen molar-refractivity contribution in [2.24, 2.45) is 0 Å². The molecular formula is C11H14ClNOS. The Hall–Kier alpha value is -0.670. The SMILES string of the molecule is CC(c1cccc(Cl)c1)N(C)C(=O)CS. The molecule has 1 aromatic rings. The van der Waals surface area contributed by atoms with Gasteiger partial charge >= 0.3 is 0 Å². The zero-order chi connectivity index (χ0) is 11.4. The maximum Gasteiger partial charge on any atom is 0.232 e. The van der Waals surface area contributed by atoms with Crippen molar-refractivity contribution in [1.82, 2.24) is 4.90 Å². The first kappa shape index (κ1) is 12.4. The number of hydrogen-bond donors (Lipinski definition) is 1. The van der Waals surface area contributed by atoms with Crippen molar-refractivity contribution < 1.29 is 4.79 Å². The van der Waals surface area contributed by atoms with Crippen LogP contribution >= 0.6 is 24.2 Å². The summed E-state index contributed by atoms with van der Waals surface area (Å²) in [6.45, 7) is 1.97. The maximum atomic E-state index is 11.4. The van der Waals surface area contributed by atoms with Gasteiger partial charge < -0.3 is 4.90 Å². The van der Waals surface area contributed by atoms with Crippen LogP contribution in [0.15, 0.2) is 24.3 Å². The molecule has 1 unspecified atom stereocenters. The van der Waals surface area contributed by atoms with E-state index in [1.807, 2.05) is 31.2 Å². The van der Waals surface area contributed by atoms with Crippen LogP contribution in [0, 0.1) is 0 Å². The first-order chi connectivity index (χ1) is 7.06. The van der Waals surface area contributed by atoms with Gasteiger partial charge in [-0.15, -0.1) is 0 Å². The molecule has 0 radical (unpaired) electrons. The van der Waals surface area contributed by atoms with E-state index in [0.29, 0.717) is 5.02 Å². The molecule has 0 saturated heterocycles. The lowest BCUT2D eigenvalue weighted by atomic mass is 10.1. The topological polar surface area (TPSA) is 20.3 Å². The summed E-state index contributed by atoms with van der Waals surface area (Å²) in [5.41, 5.74) is 1.03. The summed E-state index contributed by atoms with van der Waals surface area (Å²) in [4.78, 5) is 13.1. The number of hydrogen-bond acceptors (Lipinski definition) is 2. The monoisotopic (exact) mass is 243 g/mol. The third kappa shape index (κ3) is 3.14. The predicted octanol–water partition coefficient (Wildman–Crippen LogP) is 2.79. The number of rotatable bonds is 3. The average molecular weight is 244 g/mol. The Morgan fingerprint density at radius 2 is 2.27 bits per heavy atom. The van der Waals surface area contributed by atoms with Gasteiger partial charge in [0.25, 0.3) is 0 Å². The highest BCUT2D eigenvalue weighted by Gasteiger charge is 2.15. The van der Waals surface area contributed by atoms with Crippen LogP contribution in [0.25, 0.3) is 0 Å². The molecule has 4 heteroatoms. The van der Waals surface area contributed by atoms with E-state index in [0.717, 1.165) is 5.56 Å². The van der Waals surface area contributed by atoms with Gasteiger partial charge in [-0.05, 0) is 24.6 Å². The Kier molecular flexibility index (Phi) is 4.48. The molecule has 0 aliphatic heterocycles. The molecule has 15 heavy (non-hydrogen) atoms. The Labute approximate surface area is 101 Å². The fraction of sp³-hybridized carbons (Fsp3) is 0.364. The molecule has 0 aromatic heterocycles. The maximum absolute atomic E-state index is 11.4. The van der Waals surface area contributed by atoms with Crippen molar-refractivity contribution in [3.05, 3.63) is 34.9 Å². The Bertz CT molecular complexity index is 356. The molecule has 1 aromatic carbocycles. The van der Waals surface area contributed by atoms with Crippen LogP contribution in [0.1, 0.15) is 18.5 Å². The Morgan fingerprint density at radius 3 is 2.80 bits per heavy atom. The van der Waals surface area contributed by atoms with Crippen LogP contribution in [-0.2, 0) is 4.79 Å². The molecule has 0 aliphatic carbocycles. The third-order valence-corrected chi connectivity index (χ3v) is 2.95. The molecule has 82 valence electrons. The van der Waals surface area contributed by atoms with E-state index in [4.69, 9.17) is 11.6 Å². The largest absolute Gasteiger partial charge is 0.338 e. The molecule has 0 bridgehead atoms. The predicted molar refractivity (Wildman–Crippen MR) is 66.5 cm³/mol. The summed E-state index contributed by atoms with van der Waals surface area (Å²) < 4.78 is 0. The summed E-state index contributed by atoms with van der Waals surface area (Å²) in [6, 6.07) is 7.54. The van der Waals surface area contributed by atoms with Crippen molar-refractivity contribution in [3.8, 4) is 0 Å². The zero-order valence-corrected chi connectivity index (χ0v) is 10.4. The van der Waals surface area contributed by atoms with Gasteiger partial charge in [0, 0.05) is 12.1 Å². The Morgan fingerprint density at radius 1 is 1.60 bits per heavy atom. The molecule has 0 spiro atoms. The molecule has 2 nitrogen and oxygen atoms in total. The first-order valence-corrected chi connectivity index (χ1v) is 5.69. The van der Waals surface area contributed by atoms with E-state index < -0.39 is 0 Å².